The minimum atomic E-state index is -0.117. The third-order valence-electron chi connectivity index (χ3n) is 4.04. The molecule has 0 aromatic heterocycles. The van der Waals surface area contributed by atoms with Crippen molar-refractivity contribution in [1.29, 1.82) is 0 Å². The van der Waals surface area contributed by atoms with Crippen molar-refractivity contribution in [3.63, 3.8) is 0 Å². The van der Waals surface area contributed by atoms with Crippen LogP contribution >= 0.6 is 15.9 Å². The van der Waals surface area contributed by atoms with Gasteiger partial charge in [0.1, 0.15) is 0 Å². The number of hydrogen-bond donors (Lipinski definition) is 2. The predicted molar refractivity (Wildman–Crippen MR) is 80.0 cm³/mol. The smallest absolute Gasteiger partial charge is 0.319 e. The highest BCUT2D eigenvalue weighted by Crippen LogP contribution is 2.42. The van der Waals surface area contributed by atoms with Crippen LogP contribution in [0, 0.1) is 17.8 Å². The molecule has 2 bridgehead atoms. The van der Waals surface area contributed by atoms with Gasteiger partial charge in [0.05, 0.1) is 0 Å². The molecule has 0 aliphatic heterocycles. The fourth-order valence-electron chi connectivity index (χ4n) is 3.06. The quantitative estimate of drug-likeness (QED) is 0.817. The number of carbonyl (C=O) groups excluding carboxylic acids is 1. The molecule has 0 heterocycles. The van der Waals surface area contributed by atoms with E-state index in [-0.39, 0.29) is 6.03 Å². The first-order valence-corrected chi connectivity index (χ1v) is 7.49. The lowest BCUT2D eigenvalue weighted by Crippen LogP contribution is -2.34. The van der Waals surface area contributed by atoms with E-state index in [4.69, 9.17) is 0 Å². The third kappa shape index (κ3) is 3.00. The minimum Gasteiger partial charge on any atom is -0.338 e. The van der Waals surface area contributed by atoms with E-state index in [2.05, 4.69) is 38.7 Å². The number of hydrogen-bond acceptors (Lipinski definition) is 1. The van der Waals surface area contributed by atoms with Crippen molar-refractivity contribution >= 4 is 27.6 Å². The van der Waals surface area contributed by atoms with Crippen molar-refractivity contribution in [2.24, 2.45) is 17.8 Å². The van der Waals surface area contributed by atoms with Crippen molar-refractivity contribution in [3.8, 4) is 0 Å². The third-order valence-corrected chi connectivity index (χ3v) is 4.57. The molecule has 0 spiro atoms. The second-order valence-electron chi connectivity index (χ2n) is 5.38. The zero-order valence-electron chi connectivity index (χ0n) is 10.6. The van der Waals surface area contributed by atoms with Crippen LogP contribution in [-0.4, -0.2) is 12.6 Å². The van der Waals surface area contributed by atoms with Gasteiger partial charge in [-0.05, 0) is 54.9 Å². The molecule has 19 heavy (non-hydrogen) atoms. The summed E-state index contributed by atoms with van der Waals surface area (Å²) in [4.78, 5) is 11.8. The normalized spacial score (nSPS) is 27.5. The van der Waals surface area contributed by atoms with Crippen molar-refractivity contribution in [2.75, 3.05) is 11.9 Å². The largest absolute Gasteiger partial charge is 0.338 e. The summed E-state index contributed by atoms with van der Waals surface area (Å²) < 4.78 is 1.01. The summed E-state index contributed by atoms with van der Waals surface area (Å²) >= 11 is 3.37. The Morgan fingerprint density at radius 3 is 2.63 bits per heavy atom. The number of benzene rings is 1. The molecule has 0 unspecified atom stereocenters. The van der Waals surface area contributed by atoms with Crippen LogP contribution in [0.4, 0.5) is 10.5 Å². The molecule has 3 rings (SSSR count). The van der Waals surface area contributed by atoms with Crippen LogP contribution in [0.1, 0.15) is 12.8 Å². The number of nitrogens with one attached hydrogen (secondary N) is 2. The lowest BCUT2D eigenvalue weighted by molar-refractivity contribution is 0.249. The summed E-state index contributed by atoms with van der Waals surface area (Å²) in [5, 5.41) is 5.83. The fraction of sp³-hybridized carbons (Fsp3) is 0.400. The number of allylic oxidation sites excluding steroid dienone is 2. The molecule has 2 aliphatic carbocycles. The average molecular weight is 321 g/mol. The van der Waals surface area contributed by atoms with Gasteiger partial charge in [-0.15, -0.1) is 0 Å². The van der Waals surface area contributed by atoms with E-state index >= 15 is 0 Å². The van der Waals surface area contributed by atoms with Crippen molar-refractivity contribution in [2.45, 2.75) is 12.8 Å². The van der Waals surface area contributed by atoms with E-state index in [0.717, 1.165) is 22.6 Å². The highest BCUT2D eigenvalue weighted by molar-refractivity contribution is 9.10. The van der Waals surface area contributed by atoms with Crippen LogP contribution in [0.25, 0.3) is 0 Å². The SMILES string of the molecule is O=C(NC[C@H]1C[C@H]2C=C[C@H]1C2)Nc1ccc(Br)cc1. The molecule has 3 nitrogen and oxygen atoms in total. The van der Waals surface area contributed by atoms with Crippen LogP contribution in [0.5, 0.6) is 0 Å². The number of urea groups is 1. The second kappa shape index (κ2) is 5.37. The van der Waals surface area contributed by atoms with Crippen LogP contribution in [0.15, 0.2) is 40.9 Å². The number of anilines is 1. The van der Waals surface area contributed by atoms with Crippen molar-refractivity contribution in [1.82, 2.24) is 5.32 Å². The number of rotatable bonds is 3. The molecule has 100 valence electrons. The Hall–Kier alpha value is -1.29. The number of amides is 2. The summed E-state index contributed by atoms with van der Waals surface area (Å²) in [6, 6.07) is 7.47. The Bertz CT molecular complexity index is 497. The average Bonchev–Trinajstić information content (AvgIpc) is 3.01. The summed E-state index contributed by atoms with van der Waals surface area (Å²) in [7, 11) is 0. The summed E-state index contributed by atoms with van der Waals surface area (Å²) in [6.07, 6.45) is 7.14. The first-order valence-electron chi connectivity index (χ1n) is 6.69. The van der Waals surface area contributed by atoms with E-state index in [1.165, 1.54) is 12.8 Å². The molecule has 4 heteroatoms. The van der Waals surface area contributed by atoms with E-state index in [1.54, 1.807) is 0 Å². The molecule has 0 saturated heterocycles. The van der Waals surface area contributed by atoms with Gasteiger partial charge in [-0.25, -0.2) is 4.79 Å². The number of halogens is 1. The van der Waals surface area contributed by atoms with Gasteiger partial charge in [-0.3, -0.25) is 0 Å². The Morgan fingerprint density at radius 1 is 1.21 bits per heavy atom. The molecule has 2 N–H and O–H groups in total. The molecule has 2 aliphatic rings. The molecular weight excluding hydrogens is 304 g/mol. The van der Waals surface area contributed by atoms with Crippen molar-refractivity contribution in [3.05, 3.63) is 40.9 Å². The van der Waals surface area contributed by atoms with Gasteiger partial charge in [-0.1, -0.05) is 28.1 Å². The Morgan fingerprint density at radius 2 is 2.00 bits per heavy atom. The van der Waals surface area contributed by atoms with Gasteiger partial charge in [0.2, 0.25) is 0 Å². The van der Waals surface area contributed by atoms with E-state index < -0.39 is 0 Å². The Balaban J connectivity index is 1.47. The van der Waals surface area contributed by atoms with E-state index in [9.17, 15) is 4.79 Å². The molecular formula is C15H17BrN2O. The predicted octanol–water partition coefficient (Wildman–Crippen LogP) is 3.78. The lowest BCUT2D eigenvalue weighted by atomic mass is 9.94. The molecule has 2 amide bonds. The van der Waals surface area contributed by atoms with Gasteiger partial charge in [-0.2, -0.15) is 0 Å². The first-order chi connectivity index (χ1) is 9.20. The molecule has 0 radical (unpaired) electrons. The number of fused-ring (bicyclic) bond motifs is 2. The Labute approximate surface area is 121 Å². The van der Waals surface area contributed by atoms with Crippen LogP contribution in [-0.2, 0) is 0 Å². The van der Waals surface area contributed by atoms with Gasteiger partial charge in [0, 0.05) is 16.7 Å². The van der Waals surface area contributed by atoms with E-state index in [0.29, 0.717) is 11.8 Å². The van der Waals surface area contributed by atoms with Crippen LogP contribution < -0.4 is 10.6 Å². The summed E-state index contributed by atoms with van der Waals surface area (Å²) in [5.41, 5.74) is 0.813. The van der Waals surface area contributed by atoms with E-state index in [1.807, 2.05) is 24.3 Å². The zero-order valence-corrected chi connectivity index (χ0v) is 12.2. The highest BCUT2D eigenvalue weighted by Gasteiger charge is 2.35. The topological polar surface area (TPSA) is 41.1 Å². The highest BCUT2D eigenvalue weighted by atomic mass is 79.9. The first kappa shape index (κ1) is 12.7. The maximum atomic E-state index is 11.8. The second-order valence-corrected chi connectivity index (χ2v) is 6.30. The zero-order chi connectivity index (χ0) is 13.2. The summed E-state index contributed by atoms with van der Waals surface area (Å²) in [6.45, 7) is 0.772. The molecule has 1 aromatic carbocycles. The molecule has 1 fully saturated rings. The maximum absolute atomic E-state index is 11.8. The monoisotopic (exact) mass is 320 g/mol. The molecule has 3 atom stereocenters. The van der Waals surface area contributed by atoms with Gasteiger partial charge < -0.3 is 10.6 Å². The lowest BCUT2D eigenvalue weighted by Gasteiger charge is -2.18. The minimum absolute atomic E-state index is 0.117. The van der Waals surface area contributed by atoms with Gasteiger partial charge in [0.25, 0.3) is 0 Å². The van der Waals surface area contributed by atoms with Gasteiger partial charge >= 0.3 is 6.03 Å². The van der Waals surface area contributed by atoms with Crippen LogP contribution in [0.3, 0.4) is 0 Å². The van der Waals surface area contributed by atoms with Gasteiger partial charge in [0.15, 0.2) is 0 Å². The number of carbonyl (C=O) groups is 1. The summed E-state index contributed by atoms with van der Waals surface area (Å²) in [5.74, 6) is 2.05. The molecule has 1 aromatic rings. The Kier molecular flexibility index (Phi) is 3.60. The standard InChI is InChI=1S/C15H17BrN2O/c16-13-3-5-14(6-4-13)18-15(19)17-9-12-8-10-1-2-11(12)7-10/h1-6,10-12H,7-9H2,(H2,17,18,19)/t10-,11-,12+/m0/s1. The van der Waals surface area contributed by atoms with Crippen molar-refractivity contribution < 1.29 is 4.79 Å². The fourth-order valence-corrected chi connectivity index (χ4v) is 3.33. The maximum Gasteiger partial charge on any atom is 0.319 e. The van der Waals surface area contributed by atoms with Crippen LogP contribution in [0.2, 0.25) is 0 Å². The molecule has 1 saturated carbocycles.